The van der Waals surface area contributed by atoms with Crippen LogP contribution in [0.25, 0.3) is 5.69 Å². The molecule has 1 N–H and O–H groups in total. The Balaban J connectivity index is 1.94. The lowest BCUT2D eigenvalue weighted by Gasteiger charge is -2.38. The maximum Gasteiger partial charge on any atom is 0.101 e. The molecule has 3 heteroatoms. The number of benzene rings is 2. The zero-order valence-corrected chi connectivity index (χ0v) is 12.4. The van der Waals surface area contributed by atoms with Gasteiger partial charge < -0.3 is 9.88 Å². The number of anilines is 1. The van der Waals surface area contributed by atoms with Gasteiger partial charge in [0.05, 0.1) is 17.1 Å². The van der Waals surface area contributed by atoms with Gasteiger partial charge in [-0.1, -0.05) is 35.9 Å². The fourth-order valence-electron chi connectivity index (χ4n) is 3.12. The van der Waals surface area contributed by atoms with E-state index in [0.29, 0.717) is 0 Å². The molecular formula is C18H15ClN2. The molecule has 0 spiro atoms. The van der Waals surface area contributed by atoms with Gasteiger partial charge in [-0.3, -0.25) is 0 Å². The molecule has 0 saturated carbocycles. The first-order chi connectivity index (χ1) is 10.2. The van der Waals surface area contributed by atoms with Crippen LogP contribution in [0.15, 0.2) is 66.9 Å². The average molecular weight is 295 g/mol. The van der Waals surface area contributed by atoms with Crippen molar-refractivity contribution in [2.75, 3.05) is 5.32 Å². The second-order valence-corrected chi connectivity index (χ2v) is 5.97. The fraction of sp³-hybridized carbons (Fsp3) is 0.111. The molecule has 3 aromatic rings. The van der Waals surface area contributed by atoms with Crippen LogP contribution in [0.5, 0.6) is 0 Å². The summed E-state index contributed by atoms with van der Waals surface area (Å²) in [4.78, 5) is 0. The SMILES string of the molecule is C[C@@]1(c2ccc(Cl)cc2)Nc2ccccc2-n2cccc21. The summed E-state index contributed by atoms with van der Waals surface area (Å²) in [6.45, 7) is 2.21. The van der Waals surface area contributed by atoms with E-state index in [9.17, 15) is 0 Å². The van der Waals surface area contributed by atoms with E-state index in [0.717, 1.165) is 10.7 Å². The number of hydrogen-bond acceptors (Lipinski definition) is 1. The minimum absolute atomic E-state index is 0.275. The van der Waals surface area contributed by atoms with Crippen LogP contribution in [0, 0.1) is 0 Å². The number of nitrogens with zero attached hydrogens (tertiary/aromatic N) is 1. The van der Waals surface area contributed by atoms with Crippen LogP contribution < -0.4 is 5.32 Å². The average Bonchev–Trinajstić information content (AvgIpc) is 2.99. The number of nitrogens with one attached hydrogen (secondary N) is 1. The Morgan fingerprint density at radius 1 is 0.952 bits per heavy atom. The lowest BCUT2D eigenvalue weighted by molar-refractivity contribution is 0.603. The highest BCUT2D eigenvalue weighted by atomic mass is 35.5. The molecule has 2 nitrogen and oxygen atoms in total. The fourth-order valence-corrected chi connectivity index (χ4v) is 3.25. The topological polar surface area (TPSA) is 17.0 Å². The van der Waals surface area contributed by atoms with E-state index in [4.69, 9.17) is 11.6 Å². The lowest BCUT2D eigenvalue weighted by atomic mass is 9.86. The maximum absolute atomic E-state index is 6.03. The highest BCUT2D eigenvalue weighted by Crippen LogP contribution is 2.41. The molecule has 104 valence electrons. The Kier molecular flexibility index (Phi) is 2.63. The van der Waals surface area contributed by atoms with Gasteiger partial charge in [-0.2, -0.15) is 0 Å². The molecule has 0 unspecified atom stereocenters. The van der Waals surface area contributed by atoms with E-state index in [1.807, 2.05) is 12.1 Å². The number of rotatable bonds is 1. The molecule has 2 aromatic carbocycles. The quantitative estimate of drug-likeness (QED) is 0.681. The standard InChI is InChI=1S/C18H15ClN2/c1-18(13-8-10-14(19)11-9-13)17-7-4-12-21(17)16-6-3-2-5-15(16)20-18/h2-12,20H,1H3/t18-/m0/s1. The van der Waals surface area contributed by atoms with Crippen molar-refractivity contribution in [2.45, 2.75) is 12.5 Å². The second kappa shape index (κ2) is 4.40. The summed E-state index contributed by atoms with van der Waals surface area (Å²) >= 11 is 6.03. The zero-order valence-electron chi connectivity index (χ0n) is 11.7. The maximum atomic E-state index is 6.03. The van der Waals surface area contributed by atoms with Crippen molar-refractivity contribution in [1.29, 1.82) is 0 Å². The number of aromatic nitrogens is 1. The molecule has 1 aromatic heterocycles. The van der Waals surface area contributed by atoms with E-state index < -0.39 is 0 Å². The number of para-hydroxylation sites is 2. The normalized spacial score (nSPS) is 19.5. The third kappa shape index (κ3) is 1.79. The molecule has 0 amide bonds. The van der Waals surface area contributed by atoms with Gasteiger partial charge in [-0.05, 0) is 48.9 Å². The summed E-state index contributed by atoms with van der Waals surface area (Å²) in [5.74, 6) is 0. The van der Waals surface area contributed by atoms with E-state index >= 15 is 0 Å². The van der Waals surface area contributed by atoms with Crippen LogP contribution in [-0.4, -0.2) is 4.57 Å². The molecule has 4 rings (SSSR count). The Hall–Kier alpha value is -2.19. The first kappa shape index (κ1) is 12.5. The molecule has 2 heterocycles. The van der Waals surface area contributed by atoms with Gasteiger partial charge in [0.1, 0.15) is 5.54 Å². The Morgan fingerprint density at radius 2 is 1.71 bits per heavy atom. The first-order valence-corrected chi connectivity index (χ1v) is 7.38. The van der Waals surface area contributed by atoms with Gasteiger partial charge in [-0.15, -0.1) is 0 Å². The van der Waals surface area contributed by atoms with Gasteiger partial charge >= 0.3 is 0 Å². The Bertz CT molecular complexity index is 804. The van der Waals surface area contributed by atoms with Crippen molar-refractivity contribution in [2.24, 2.45) is 0 Å². The van der Waals surface area contributed by atoms with E-state index in [-0.39, 0.29) is 5.54 Å². The van der Waals surface area contributed by atoms with Gasteiger partial charge in [0.25, 0.3) is 0 Å². The van der Waals surface area contributed by atoms with Crippen LogP contribution in [0.2, 0.25) is 5.02 Å². The minimum Gasteiger partial charge on any atom is -0.369 e. The zero-order chi connectivity index (χ0) is 14.4. The molecule has 1 aliphatic heterocycles. The summed E-state index contributed by atoms with van der Waals surface area (Å²) in [7, 11) is 0. The number of hydrogen-bond donors (Lipinski definition) is 1. The van der Waals surface area contributed by atoms with E-state index in [1.54, 1.807) is 0 Å². The van der Waals surface area contributed by atoms with Crippen molar-refractivity contribution < 1.29 is 0 Å². The molecule has 0 fully saturated rings. The largest absolute Gasteiger partial charge is 0.369 e. The predicted octanol–water partition coefficient (Wildman–Crippen LogP) is 4.82. The Morgan fingerprint density at radius 3 is 2.52 bits per heavy atom. The van der Waals surface area contributed by atoms with E-state index in [1.165, 1.54) is 16.9 Å². The Labute approximate surface area is 129 Å². The molecule has 0 saturated heterocycles. The minimum atomic E-state index is -0.275. The molecule has 1 atom stereocenters. The van der Waals surface area contributed by atoms with Gasteiger partial charge in [0.15, 0.2) is 0 Å². The molecular weight excluding hydrogens is 280 g/mol. The van der Waals surface area contributed by atoms with Gasteiger partial charge in [-0.25, -0.2) is 0 Å². The molecule has 0 radical (unpaired) electrons. The summed E-state index contributed by atoms with van der Waals surface area (Å²) in [6, 6.07) is 20.7. The predicted molar refractivity (Wildman–Crippen MR) is 87.3 cm³/mol. The monoisotopic (exact) mass is 294 g/mol. The van der Waals surface area contributed by atoms with Crippen LogP contribution in [0.3, 0.4) is 0 Å². The van der Waals surface area contributed by atoms with E-state index in [2.05, 4.69) is 71.5 Å². The van der Waals surface area contributed by atoms with Crippen molar-refractivity contribution in [1.82, 2.24) is 4.57 Å². The highest BCUT2D eigenvalue weighted by Gasteiger charge is 2.35. The summed E-state index contributed by atoms with van der Waals surface area (Å²) < 4.78 is 2.25. The van der Waals surface area contributed by atoms with Crippen molar-refractivity contribution >= 4 is 17.3 Å². The van der Waals surface area contributed by atoms with Gasteiger partial charge in [0.2, 0.25) is 0 Å². The second-order valence-electron chi connectivity index (χ2n) is 5.54. The lowest BCUT2D eigenvalue weighted by Crippen LogP contribution is -2.38. The smallest absolute Gasteiger partial charge is 0.101 e. The molecule has 21 heavy (non-hydrogen) atoms. The highest BCUT2D eigenvalue weighted by molar-refractivity contribution is 6.30. The molecule has 0 bridgehead atoms. The number of fused-ring (bicyclic) bond motifs is 3. The number of halogens is 1. The summed E-state index contributed by atoms with van der Waals surface area (Å²) in [5.41, 5.74) is 4.47. The first-order valence-electron chi connectivity index (χ1n) is 7.00. The third-order valence-corrected chi connectivity index (χ3v) is 4.48. The van der Waals surface area contributed by atoms with Crippen LogP contribution in [0.1, 0.15) is 18.2 Å². The summed E-state index contributed by atoms with van der Waals surface area (Å²) in [5, 5.41) is 4.45. The van der Waals surface area contributed by atoms with Crippen molar-refractivity contribution in [3.63, 3.8) is 0 Å². The van der Waals surface area contributed by atoms with Crippen molar-refractivity contribution in [3.05, 3.63) is 83.1 Å². The van der Waals surface area contributed by atoms with Gasteiger partial charge in [0, 0.05) is 11.2 Å². The van der Waals surface area contributed by atoms with Crippen LogP contribution in [0.4, 0.5) is 5.69 Å². The van der Waals surface area contributed by atoms with Crippen LogP contribution in [-0.2, 0) is 5.54 Å². The third-order valence-electron chi connectivity index (χ3n) is 4.23. The van der Waals surface area contributed by atoms with Crippen molar-refractivity contribution in [3.8, 4) is 5.69 Å². The summed E-state index contributed by atoms with van der Waals surface area (Å²) in [6.07, 6.45) is 2.11. The molecule has 0 aliphatic carbocycles. The van der Waals surface area contributed by atoms with Crippen LogP contribution >= 0.6 is 11.6 Å². The molecule has 1 aliphatic rings.